The van der Waals surface area contributed by atoms with E-state index in [4.69, 9.17) is 10.5 Å². The van der Waals surface area contributed by atoms with Gasteiger partial charge in [-0.3, -0.25) is 4.98 Å². The summed E-state index contributed by atoms with van der Waals surface area (Å²) >= 11 is 0. The molecule has 1 rings (SSSR count). The lowest BCUT2D eigenvalue weighted by molar-refractivity contribution is 0.0282. The fraction of sp³-hybridized carbons (Fsp3) is 0.688. The second kappa shape index (κ2) is 9.72. The Kier molecular flexibility index (Phi) is 8.23. The summed E-state index contributed by atoms with van der Waals surface area (Å²) in [6, 6.07) is 2.16. The number of nitrogens with zero attached hydrogens (tertiary/aromatic N) is 1. The van der Waals surface area contributed by atoms with Crippen LogP contribution in [0.15, 0.2) is 18.5 Å². The van der Waals surface area contributed by atoms with Crippen LogP contribution in [0.1, 0.15) is 45.6 Å². The van der Waals surface area contributed by atoms with Gasteiger partial charge in [0.15, 0.2) is 0 Å². The van der Waals surface area contributed by atoms with Crippen LogP contribution >= 0.6 is 0 Å². The van der Waals surface area contributed by atoms with E-state index in [-0.39, 0.29) is 6.10 Å². The highest BCUT2D eigenvalue weighted by Gasteiger charge is 2.21. The zero-order chi connectivity index (χ0) is 14.8. The van der Waals surface area contributed by atoms with E-state index >= 15 is 0 Å². The van der Waals surface area contributed by atoms with Crippen LogP contribution in [-0.4, -0.2) is 30.3 Å². The van der Waals surface area contributed by atoms with Crippen molar-refractivity contribution in [2.75, 3.05) is 18.9 Å². The third-order valence-electron chi connectivity index (χ3n) is 3.44. The molecule has 1 aromatic heterocycles. The number of pyridine rings is 1. The first-order valence-electron chi connectivity index (χ1n) is 7.76. The van der Waals surface area contributed by atoms with Gasteiger partial charge in [0, 0.05) is 30.7 Å². The molecule has 1 aromatic rings. The Labute approximate surface area is 123 Å². The second-order valence-electron chi connectivity index (χ2n) is 5.12. The lowest BCUT2D eigenvalue weighted by Gasteiger charge is -2.28. The van der Waals surface area contributed by atoms with E-state index in [1.165, 1.54) is 0 Å². The van der Waals surface area contributed by atoms with Gasteiger partial charge in [-0.2, -0.15) is 0 Å². The molecule has 0 aliphatic heterocycles. The Morgan fingerprint density at radius 1 is 1.30 bits per heavy atom. The Morgan fingerprint density at radius 2 is 2.10 bits per heavy atom. The van der Waals surface area contributed by atoms with Crippen LogP contribution in [0.25, 0.3) is 0 Å². The third-order valence-corrected chi connectivity index (χ3v) is 3.44. The Hall–Kier alpha value is -1.13. The summed E-state index contributed by atoms with van der Waals surface area (Å²) in [5, 5.41) is 3.61. The number of ether oxygens (including phenoxy) is 1. The van der Waals surface area contributed by atoms with Gasteiger partial charge in [0.05, 0.1) is 6.10 Å². The van der Waals surface area contributed by atoms with Crippen LogP contribution in [0.2, 0.25) is 0 Å². The van der Waals surface area contributed by atoms with E-state index in [0.717, 1.165) is 50.1 Å². The minimum absolute atomic E-state index is 0.233. The van der Waals surface area contributed by atoms with Crippen LogP contribution in [0, 0.1) is 0 Å². The molecule has 0 radical (unpaired) electrons. The van der Waals surface area contributed by atoms with Crippen molar-refractivity contribution in [2.24, 2.45) is 0 Å². The van der Waals surface area contributed by atoms with E-state index in [1.807, 2.05) is 12.3 Å². The average Bonchev–Trinajstić information content (AvgIpc) is 2.45. The molecule has 0 bridgehead atoms. The number of anilines is 1. The van der Waals surface area contributed by atoms with Crippen molar-refractivity contribution < 1.29 is 4.74 Å². The molecule has 2 atom stereocenters. The molecular weight excluding hydrogens is 250 g/mol. The minimum Gasteiger partial charge on any atom is -0.398 e. The molecule has 0 amide bonds. The van der Waals surface area contributed by atoms with Crippen LogP contribution in [0.5, 0.6) is 0 Å². The van der Waals surface area contributed by atoms with Crippen molar-refractivity contribution in [1.82, 2.24) is 10.3 Å². The highest BCUT2D eigenvalue weighted by molar-refractivity contribution is 5.44. The van der Waals surface area contributed by atoms with Gasteiger partial charge in [-0.1, -0.05) is 20.3 Å². The van der Waals surface area contributed by atoms with Crippen molar-refractivity contribution in [3.8, 4) is 0 Å². The van der Waals surface area contributed by atoms with E-state index in [1.54, 1.807) is 6.20 Å². The fourth-order valence-electron chi connectivity index (χ4n) is 2.41. The van der Waals surface area contributed by atoms with Gasteiger partial charge in [-0.15, -0.1) is 0 Å². The number of nitrogen functional groups attached to an aromatic ring is 1. The SMILES string of the molecule is CCCNC(Cc1cnccc1N)C(CCC)OCC. The summed E-state index contributed by atoms with van der Waals surface area (Å²) in [6.45, 7) is 8.17. The molecule has 20 heavy (non-hydrogen) atoms. The minimum atomic E-state index is 0.233. The number of nitrogens with two attached hydrogens (primary N) is 1. The molecule has 0 saturated carbocycles. The van der Waals surface area contributed by atoms with Crippen LogP contribution in [0.4, 0.5) is 5.69 Å². The van der Waals surface area contributed by atoms with Crippen LogP contribution in [-0.2, 0) is 11.2 Å². The van der Waals surface area contributed by atoms with E-state index in [0.29, 0.717) is 6.04 Å². The molecule has 0 spiro atoms. The summed E-state index contributed by atoms with van der Waals surface area (Å²) in [5.74, 6) is 0. The Bertz CT molecular complexity index is 364. The Morgan fingerprint density at radius 3 is 2.70 bits per heavy atom. The maximum absolute atomic E-state index is 6.04. The summed E-state index contributed by atoms with van der Waals surface area (Å²) < 4.78 is 5.93. The molecule has 0 aromatic carbocycles. The van der Waals surface area contributed by atoms with Crippen molar-refractivity contribution >= 4 is 5.69 Å². The number of hydrogen-bond donors (Lipinski definition) is 2. The largest absolute Gasteiger partial charge is 0.398 e. The maximum Gasteiger partial charge on any atom is 0.0731 e. The molecule has 0 fully saturated rings. The quantitative estimate of drug-likeness (QED) is 0.691. The summed E-state index contributed by atoms with van der Waals surface area (Å²) in [6.07, 6.45) is 8.00. The van der Waals surface area contributed by atoms with Crippen LogP contribution in [0.3, 0.4) is 0 Å². The van der Waals surface area contributed by atoms with Gasteiger partial charge in [-0.25, -0.2) is 0 Å². The highest BCUT2D eigenvalue weighted by atomic mass is 16.5. The molecule has 0 saturated heterocycles. The summed E-state index contributed by atoms with van der Waals surface area (Å²) in [4.78, 5) is 4.18. The van der Waals surface area contributed by atoms with Crippen molar-refractivity contribution in [3.05, 3.63) is 24.0 Å². The monoisotopic (exact) mass is 279 g/mol. The second-order valence-corrected chi connectivity index (χ2v) is 5.12. The first-order valence-corrected chi connectivity index (χ1v) is 7.76. The maximum atomic E-state index is 6.04. The van der Waals surface area contributed by atoms with Gasteiger partial charge in [0.1, 0.15) is 0 Å². The van der Waals surface area contributed by atoms with Gasteiger partial charge in [-0.05, 0) is 44.4 Å². The first kappa shape index (κ1) is 16.9. The first-order chi connectivity index (χ1) is 9.72. The average molecular weight is 279 g/mol. The summed E-state index contributed by atoms with van der Waals surface area (Å²) in [7, 11) is 0. The highest BCUT2D eigenvalue weighted by Crippen LogP contribution is 2.17. The van der Waals surface area contributed by atoms with Crippen molar-refractivity contribution in [1.29, 1.82) is 0 Å². The molecule has 114 valence electrons. The van der Waals surface area contributed by atoms with E-state index < -0.39 is 0 Å². The predicted molar refractivity (Wildman–Crippen MR) is 84.8 cm³/mol. The standard InChI is InChI=1S/C16H29N3O/c1-4-7-16(20-6-3)15(19-9-5-2)11-13-12-18-10-8-14(13)17/h8,10,12,15-16,19H,4-7,9,11H2,1-3H3,(H2,17,18). The normalized spacial score (nSPS) is 14.2. The van der Waals surface area contributed by atoms with Gasteiger partial charge in [0.2, 0.25) is 0 Å². The van der Waals surface area contributed by atoms with E-state index in [2.05, 4.69) is 31.1 Å². The number of hydrogen-bond acceptors (Lipinski definition) is 4. The van der Waals surface area contributed by atoms with Gasteiger partial charge < -0.3 is 15.8 Å². The molecule has 4 nitrogen and oxygen atoms in total. The zero-order valence-electron chi connectivity index (χ0n) is 13.1. The van der Waals surface area contributed by atoms with Crippen molar-refractivity contribution in [3.63, 3.8) is 0 Å². The van der Waals surface area contributed by atoms with Crippen LogP contribution < -0.4 is 11.1 Å². The molecule has 4 heteroatoms. The fourth-order valence-corrected chi connectivity index (χ4v) is 2.41. The van der Waals surface area contributed by atoms with Crippen molar-refractivity contribution in [2.45, 2.75) is 58.6 Å². The lowest BCUT2D eigenvalue weighted by Crippen LogP contribution is -2.43. The molecule has 0 aliphatic carbocycles. The predicted octanol–water partition coefficient (Wildman–Crippen LogP) is 2.78. The Balaban J connectivity index is 2.78. The third kappa shape index (κ3) is 5.47. The van der Waals surface area contributed by atoms with Gasteiger partial charge in [0.25, 0.3) is 0 Å². The number of aromatic nitrogens is 1. The smallest absolute Gasteiger partial charge is 0.0731 e. The number of rotatable bonds is 10. The van der Waals surface area contributed by atoms with E-state index in [9.17, 15) is 0 Å². The molecule has 3 N–H and O–H groups in total. The topological polar surface area (TPSA) is 60.2 Å². The molecule has 1 heterocycles. The summed E-state index contributed by atoms with van der Waals surface area (Å²) in [5.41, 5.74) is 7.95. The molecule has 0 aliphatic rings. The molecular formula is C16H29N3O. The zero-order valence-corrected chi connectivity index (χ0v) is 13.1. The molecule has 2 unspecified atom stereocenters. The number of nitrogens with one attached hydrogen (secondary N) is 1. The van der Waals surface area contributed by atoms with Gasteiger partial charge >= 0.3 is 0 Å². The lowest BCUT2D eigenvalue weighted by atomic mass is 9.98.